The second kappa shape index (κ2) is 8.55. The van der Waals surface area contributed by atoms with Gasteiger partial charge in [0.2, 0.25) is 5.91 Å². The van der Waals surface area contributed by atoms with E-state index in [9.17, 15) is 14.4 Å². The first-order valence-electron chi connectivity index (χ1n) is 7.70. The highest BCUT2D eigenvalue weighted by atomic mass is 16.6. The number of hydrogen-bond donors (Lipinski definition) is 0. The van der Waals surface area contributed by atoms with Gasteiger partial charge in [-0.3, -0.25) is 14.5 Å². The van der Waals surface area contributed by atoms with Crippen LogP contribution in [0, 0.1) is 0 Å². The second-order valence-corrected chi connectivity index (χ2v) is 6.34. The van der Waals surface area contributed by atoms with Gasteiger partial charge < -0.3 is 14.4 Å². The highest BCUT2D eigenvalue weighted by Gasteiger charge is 2.26. The van der Waals surface area contributed by atoms with Gasteiger partial charge in [-0.25, -0.2) is 4.79 Å². The van der Waals surface area contributed by atoms with Crippen molar-refractivity contribution in [3.63, 3.8) is 0 Å². The maximum Gasteiger partial charge on any atom is 0.410 e. The zero-order valence-electron chi connectivity index (χ0n) is 14.3. The van der Waals surface area contributed by atoms with Crippen LogP contribution in [0.2, 0.25) is 0 Å². The molecule has 1 heterocycles. The van der Waals surface area contributed by atoms with Gasteiger partial charge in [0.05, 0.1) is 7.11 Å². The van der Waals surface area contributed by atoms with Crippen molar-refractivity contribution >= 4 is 18.0 Å². The molecule has 1 aliphatic rings. The van der Waals surface area contributed by atoms with Crippen molar-refractivity contribution in [2.24, 2.45) is 0 Å². The summed E-state index contributed by atoms with van der Waals surface area (Å²) in [5.74, 6) is -0.778. The third-order valence-corrected chi connectivity index (χ3v) is 3.18. The molecule has 0 aliphatic carbocycles. The van der Waals surface area contributed by atoms with Crippen molar-refractivity contribution in [2.45, 2.75) is 39.2 Å². The fourth-order valence-electron chi connectivity index (χ4n) is 2.03. The number of hydrogen-bond acceptors (Lipinski definition) is 5. The number of esters is 1. The molecule has 0 aromatic heterocycles. The van der Waals surface area contributed by atoms with E-state index in [1.807, 2.05) is 12.2 Å². The molecule has 0 aromatic rings. The van der Waals surface area contributed by atoms with Gasteiger partial charge in [-0.15, -0.1) is 0 Å². The normalized spacial score (nSPS) is 18.3. The summed E-state index contributed by atoms with van der Waals surface area (Å²) in [6.45, 7) is 5.90. The first-order chi connectivity index (χ1) is 10.7. The molecule has 0 spiro atoms. The molecule has 0 N–H and O–H groups in total. The molecule has 0 fully saturated rings. The van der Waals surface area contributed by atoms with Crippen LogP contribution in [-0.2, 0) is 19.1 Å². The molecule has 0 saturated heterocycles. The van der Waals surface area contributed by atoms with Crippen molar-refractivity contribution < 1.29 is 23.9 Å². The Kier molecular flexibility index (Phi) is 7.06. The molecule has 2 amide bonds. The van der Waals surface area contributed by atoms with Crippen LogP contribution in [-0.4, -0.2) is 66.7 Å². The van der Waals surface area contributed by atoms with Gasteiger partial charge >= 0.3 is 12.1 Å². The third-order valence-electron chi connectivity index (χ3n) is 3.18. The summed E-state index contributed by atoms with van der Waals surface area (Å²) in [6.07, 6.45) is 4.69. The fourth-order valence-corrected chi connectivity index (χ4v) is 2.03. The number of methoxy groups -OCH3 is 1. The summed E-state index contributed by atoms with van der Waals surface area (Å²) < 4.78 is 9.95. The molecule has 130 valence electrons. The van der Waals surface area contributed by atoms with E-state index in [1.165, 1.54) is 16.9 Å². The lowest BCUT2D eigenvalue weighted by atomic mass is 10.2. The van der Waals surface area contributed by atoms with Crippen molar-refractivity contribution in [2.75, 3.05) is 33.3 Å². The Morgan fingerprint density at radius 3 is 2.35 bits per heavy atom. The summed E-state index contributed by atoms with van der Waals surface area (Å²) in [5, 5.41) is 0. The topological polar surface area (TPSA) is 76.2 Å². The average Bonchev–Trinajstić information content (AvgIpc) is 2.45. The molecule has 1 aliphatic heterocycles. The number of ether oxygens (including phenoxy) is 2. The zero-order valence-corrected chi connectivity index (χ0v) is 14.3. The molecule has 0 saturated carbocycles. The van der Waals surface area contributed by atoms with E-state index < -0.39 is 17.7 Å². The third kappa shape index (κ3) is 7.17. The quantitative estimate of drug-likeness (QED) is 0.569. The standard InChI is InChI=1S/C16H26N2O5/c1-16(2,3)23-15(21)18-10-8-6-5-7-9-17(13(19)11-18)12-14(20)22-4/h5-6H,7-12H2,1-4H3/b6-5+. The van der Waals surface area contributed by atoms with Crippen LogP contribution in [0.1, 0.15) is 33.6 Å². The predicted molar refractivity (Wildman–Crippen MR) is 84.8 cm³/mol. The predicted octanol–water partition coefficient (Wildman–Crippen LogP) is 1.58. The van der Waals surface area contributed by atoms with Gasteiger partial charge in [0.25, 0.3) is 0 Å². The van der Waals surface area contributed by atoms with Crippen LogP contribution in [0.15, 0.2) is 12.2 Å². The Bertz CT molecular complexity index is 468. The molecule has 0 bridgehead atoms. The van der Waals surface area contributed by atoms with Crippen molar-refractivity contribution in [1.29, 1.82) is 0 Å². The van der Waals surface area contributed by atoms with Crippen LogP contribution < -0.4 is 0 Å². The van der Waals surface area contributed by atoms with Crippen molar-refractivity contribution in [3.8, 4) is 0 Å². The van der Waals surface area contributed by atoms with Crippen LogP contribution in [0.3, 0.4) is 0 Å². The molecule has 7 nitrogen and oxygen atoms in total. The Hall–Kier alpha value is -2.05. The zero-order chi connectivity index (χ0) is 17.5. The minimum Gasteiger partial charge on any atom is -0.468 e. The smallest absolute Gasteiger partial charge is 0.410 e. The van der Waals surface area contributed by atoms with Crippen LogP contribution in [0.5, 0.6) is 0 Å². The Balaban J connectivity index is 2.82. The Morgan fingerprint density at radius 1 is 1.17 bits per heavy atom. The van der Waals surface area contributed by atoms with E-state index in [4.69, 9.17) is 4.74 Å². The fraction of sp³-hybridized carbons (Fsp3) is 0.688. The first-order valence-corrected chi connectivity index (χ1v) is 7.70. The largest absolute Gasteiger partial charge is 0.468 e. The molecule has 0 atom stereocenters. The number of nitrogens with zero attached hydrogens (tertiary/aromatic N) is 2. The maximum atomic E-state index is 12.4. The summed E-state index contributed by atoms with van der Waals surface area (Å²) in [4.78, 5) is 38.8. The van der Waals surface area contributed by atoms with Gasteiger partial charge in [-0.2, -0.15) is 0 Å². The van der Waals surface area contributed by atoms with Gasteiger partial charge in [-0.05, 0) is 33.6 Å². The second-order valence-electron chi connectivity index (χ2n) is 6.34. The monoisotopic (exact) mass is 326 g/mol. The Labute approximate surface area is 137 Å². The molecule has 0 aromatic carbocycles. The molecule has 1 rings (SSSR count). The maximum absolute atomic E-state index is 12.4. The van der Waals surface area contributed by atoms with Gasteiger partial charge in [0.15, 0.2) is 0 Å². The van der Waals surface area contributed by atoms with Crippen LogP contribution in [0.4, 0.5) is 4.79 Å². The Morgan fingerprint density at radius 2 is 1.78 bits per heavy atom. The van der Waals surface area contributed by atoms with Gasteiger partial charge in [0, 0.05) is 13.1 Å². The van der Waals surface area contributed by atoms with Gasteiger partial charge in [0.1, 0.15) is 18.7 Å². The number of rotatable bonds is 2. The lowest BCUT2D eigenvalue weighted by Gasteiger charge is -2.29. The SMILES string of the molecule is COC(=O)CN1CC/C=C/CCN(C(=O)OC(C)(C)C)CC1=O. The van der Waals surface area contributed by atoms with Crippen LogP contribution in [0.25, 0.3) is 0 Å². The van der Waals surface area contributed by atoms with E-state index in [0.717, 1.165) is 0 Å². The molecule has 7 heteroatoms. The number of carbonyl (C=O) groups excluding carboxylic acids is 3. The highest BCUT2D eigenvalue weighted by Crippen LogP contribution is 2.11. The summed E-state index contributed by atoms with van der Waals surface area (Å²) in [5.41, 5.74) is -0.628. The lowest BCUT2D eigenvalue weighted by molar-refractivity contribution is -0.147. The summed E-state index contributed by atoms with van der Waals surface area (Å²) in [7, 11) is 1.28. The van der Waals surface area contributed by atoms with E-state index in [-0.39, 0.29) is 19.0 Å². The minimum absolute atomic E-state index is 0.111. The lowest BCUT2D eigenvalue weighted by Crippen LogP contribution is -2.47. The number of carbonyl (C=O) groups is 3. The minimum atomic E-state index is -0.628. The van der Waals surface area contributed by atoms with E-state index >= 15 is 0 Å². The molecule has 23 heavy (non-hydrogen) atoms. The molecular formula is C16H26N2O5. The van der Waals surface area contributed by atoms with Crippen LogP contribution >= 0.6 is 0 Å². The number of amides is 2. The average molecular weight is 326 g/mol. The summed E-state index contributed by atoms with van der Waals surface area (Å²) >= 11 is 0. The summed E-state index contributed by atoms with van der Waals surface area (Å²) in [6, 6.07) is 0. The first kappa shape index (κ1) is 19.0. The molecular weight excluding hydrogens is 300 g/mol. The van der Waals surface area contributed by atoms with E-state index in [2.05, 4.69) is 4.74 Å². The van der Waals surface area contributed by atoms with E-state index in [0.29, 0.717) is 25.9 Å². The van der Waals surface area contributed by atoms with E-state index in [1.54, 1.807) is 20.8 Å². The molecule has 0 unspecified atom stereocenters. The highest BCUT2D eigenvalue weighted by molar-refractivity contribution is 5.85. The molecule has 0 radical (unpaired) electrons. The van der Waals surface area contributed by atoms with Crippen molar-refractivity contribution in [3.05, 3.63) is 12.2 Å². The van der Waals surface area contributed by atoms with Crippen molar-refractivity contribution in [1.82, 2.24) is 9.80 Å². The van der Waals surface area contributed by atoms with Gasteiger partial charge in [-0.1, -0.05) is 12.2 Å².